The minimum absolute atomic E-state index is 0.164. The van der Waals surface area contributed by atoms with Gasteiger partial charge in [-0.15, -0.1) is 0 Å². The summed E-state index contributed by atoms with van der Waals surface area (Å²) in [6.45, 7) is 5.97. The summed E-state index contributed by atoms with van der Waals surface area (Å²) in [6.07, 6.45) is -0.413. The molecule has 4 heteroatoms. The third kappa shape index (κ3) is 2.64. The lowest BCUT2D eigenvalue weighted by Crippen LogP contribution is -2.40. The van der Waals surface area contributed by atoms with E-state index in [9.17, 15) is 4.79 Å². The second-order valence-electron chi connectivity index (χ2n) is 4.95. The number of carbonyl (C=O) groups is 1. The van der Waals surface area contributed by atoms with Crippen LogP contribution in [-0.2, 0) is 11.2 Å². The molecule has 2 atom stereocenters. The van der Waals surface area contributed by atoms with Gasteiger partial charge in [-0.05, 0) is 43.5 Å². The summed E-state index contributed by atoms with van der Waals surface area (Å²) in [5.41, 5.74) is 3.46. The largest absolute Gasteiger partial charge is 0.480 e. The molecule has 1 aromatic rings. The fourth-order valence-electron chi connectivity index (χ4n) is 2.02. The molecule has 2 rings (SSSR count). The number of aliphatic hydroxyl groups is 1. The zero-order valence-electron chi connectivity index (χ0n) is 11.0. The third-order valence-electron chi connectivity index (χ3n) is 3.22. The Morgan fingerprint density at radius 3 is 2.83 bits per heavy atom. The average molecular weight is 249 g/mol. The van der Waals surface area contributed by atoms with Crippen LogP contribution in [0.5, 0.6) is 5.75 Å². The number of amides is 1. The molecular weight excluding hydrogens is 230 g/mol. The monoisotopic (exact) mass is 249 g/mol. The van der Waals surface area contributed by atoms with Gasteiger partial charge in [0.05, 0.1) is 6.10 Å². The first-order chi connectivity index (χ1) is 8.47. The molecule has 0 radical (unpaired) electrons. The zero-order valence-corrected chi connectivity index (χ0v) is 11.0. The van der Waals surface area contributed by atoms with Gasteiger partial charge in [0.25, 0.3) is 5.91 Å². The number of nitrogens with one attached hydrogen (secondary N) is 1. The molecule has 2 unspecified atom stereocenters. The van der Waals surface area contributed by atoms with Gasteiger partial charge in [0, 0.05) is 13.0 Å². The van der Waals surface area contributed by atoms with Crippen LogP contribution in [0.2, 0.25) is 0 Å². The summed E-state index contributed by atoms with van der Waals surface area (Å²) >= 11 is 0. The van der Waals surface area contributed by atoms with E-state index in [-0.39, 0.29) is 12.5 Å². The molecule has 0 bridgehead atoms. The smallest absolute Gasteiger partial charge is 0.261 e. The minimum Gasteiger partial charge on any atom is -0.480 e. The number of hydrogen-bond donors (Lipinski definition) is 2. The Hall–Kier alpha value is -1.55. The van der Waals surface area contributed by atoms with E-state index in [2.05, 4.69) is 18.3 Å². The van der Waals surface area contributed by atoms with Crippen LogP contribution in [-0.4, -0.2) is 29.8 Å². The van der Waals surface area contributed by atoms with Crippen LogP contribution in [0.15, 0.2) is 12.1 Å². The first-order valence-corrected chi connectivity index (χ1v) is 6.20. The summed E-state index contributed by atoms with van der Waals surface area (Å²) in [6, 6.07) is 4.05. The van der Waals surface area contributed by atoms with E-state index in [1.54, 1.807) is 6.92 Å². The highest BCUT2D eigenvalue weighted by atomic mass is 16.5. The molecule has 0 saturated heterocycles. The van der Waals surface area contributed by atoms with Crippen molar-refractivity contribution in [1.82, 2.24) is 5.32 Å². The fourth-order valence-corrected chi connectivity index (χ4v) is 2.02. The number of rotatable bonds is 3. The number of aryl methyl sites for hydroxylation is 2. The fraction of sp³-hybridized carbons (Fsp3) is 0.500. The molecule has 1 amide bonds. The first-order valence-electron chi connectivity index (χ1n) is 6.20. The molecule has 0 aliphatic carbocycles. The Bertz CT molecular complexity index is 437. The number of hydrogen-bond acceptors (Lipinski definition) is 3. The lowest BCUT2D eigenvalue weighted by molar-refractivity contribution is -0.127. The van der Waals surface area contributed by atoms with E-state index in [0.717, 1.165) is 11.3 Å². The molecule has 0 fully saturated rings. The summed E-state index contributed by atoms with van der Waals surface area (Å²) in [7, 11) is 0. The van der Waals surface area contributed by atoms with Crippen molar-refractivity contribution in [2.24, 2.45) is 0 Å². The maximum atomic E-state index is 11.8. The van der Waals surface area contributed by atoms with Crippen LogP contribution >= 0.6 is 0 Å². The number of ether oxygens (including phenoxy) is 1. The van der Waals surface area contributed by atoms with Crippen molar-refractivity contribution in [2.45, 2.75) is 39.4 Å². The zero-order chi connectivity index (χ0) is 13.3. The Balaban J connectivity index is 2.03. The van der Waals surface area contributed by atoms with E-state index in [1.807, 2.05) is 13.0 Å². The first kappa shape index (κ1) is 12.9. The molecule has 1 aromatic carbocycles. The normalized spacial score (nSPS) is 19.0. The molecule has 98 valence electrons. The van der Waals surface area contributed by atoms with Crippen molar-refractivity contribution in [2.75, 3.05) is 6.54 Å². The Morgan fingerprint density at radius 2 is 2.17 bits per heavy atom. The second-order valence-corrected chi connectivity index (χ2v) is 4.95. The Kier molecular flexibility index (Phi) is 3.57. The van der Waals surface area contributed by atoms with Crippen LogP contribution < -0.4 is 10.1 Å². The SMILES string of the molecule is Cc1cc2c(cc1C)OC(C(=O)NCC(C)O)C2. The minimum atomic E-state index is -0.540. The molecule has 0 saturated carbocycles. The summed E-state index contributed by atoms with van der Waals surface area (Å²) < 4.78 is 5.64. The third-order valence-corrected chi connectivity index (χ3v) is 3.22. The van der Waals surface area contributed by atoms with Gasteiger partial charge in [-0.25, -0.2) is 0 Å². The lowest BCUT2D eigenvalue weighted by Gasteiger charge is -2.12. The number of carbonyl (C=O) groups excluding carboxylic acids is 1. The molecule has 18 heavy (non-hydrogen) atoms. The maximum absolute atomic E-state index is 11.8. The van der Waals surface area contributed by atoms with Gasteiger partial charge in [0.2, 0.25) is 0 Å². The lowest BCUT2D eigenvalue weighted by atomic mass is 10.0. The highest BCUT2D eigenvalue weighted by Gasteiger charge is 2.29. The van der Waals surface area contributed by atoms with E-state index in [1.165, 1.54) is 11.1 Å². The van der Waals surface area contributed by atoms with Gasteiger partial charge < -0.3 is 15.2 Å². The topological polar surface area (TPSA) is 58.6 Å². The molecule has 2 N–H and O–H groups in total. The van der Waals surface area contributed by atoms with Crippen molar-refractivity contribution in [3.8, 4) is 5.75 Å². The van der Waals surface area contributed by atoms with E-state index in [4.69, 9.17) is 9.84 Å². The predicted molar refractivity (Wildman–Crippen MR) is 68.7 cm³/mol. The van der Waals surface area contributed by atoms with Crippen molar-refractivity contribution < 1.29 is 14.6 Å². The van der Waals surface area contributed by atoms with Crippen molar-refractivity contribution in [3.05, 3.63) is 28.8 Å². The molecular formula is C14H19NO3. The van der Waals surface area contributed by atoms with Crippen LogP contribution in [0.25, 0.3) is 0 Å². The number of benzene rings is 1. The van der Waals surface area contributed by atoms with Crippen LogP contribution in [0, 0.1) is 13.8 Å². The molecule has 0 spiro atoms. The van der Waals surface area contributed by atoms with Crippen molar-refractivity contribution in [3.63, 3.8) is 0 Å². The van der Waals surface area contributed by atoms with Crippen LogP contribution in [0.3, 0.4) is 0 Å². The van der Waals surface area contributed by atoms with E-state index >= 15 is 0 Å². The van der Waals surface area contributed by atoms with E-state index in [0.29, 0.717) is 6.42 Å². The van der Waals surface area contributed by atoms with Gasteiger partial charge in [0.1, 0.15) is 5.75 Å². The molecule has 1 aliphatic rings. The number of aliphatic hydroxyl groups excluding tert-OH is 1. The summed E-state index contributed by atoms with van der Waals surface area (Å²) in [5.74, 6) is 0.637. The second kappa shape index (κ2) is 4.98. The molecule has 0 aromatic heterocycles. The Labute approximate surface area is 107 Å². The average Bonchev–Trinajstić information content (AvgIpc) is 2.69. The van der Waals surface area contributed by atoms with E-state index < -0.39 is 12.2 Å². The standard InChI is InChI=1S/C14H19NO3/c1-8-4-11-6-13(14(17)15-7-10(3)16)18-12(11)5-9(8)2/h4-5,10,13,16H,6-7H2,1-3H3,(H,15,17). The highest BCUT2D eigenvalue weighted by Crippen LogP contribution is 2.31. The number of fused-ring (bicyclic) bond motifs is 1. The molecule has 4 nitrogen and oxygen atoms in total. The van der Waals surface area contributed by atoms with Gasteiger partial charge in [-0.2, -0.15) is 0 Å². The van der Waals surface area contributed by atoms with Gasteiger partial charge >= 0.3 is 0 Å². The van der Waals surface area contributed by atoms with Crippen LogP contribution in [0.4, 0.5) is 0 Å². The summed E-state index contributed by atoms with van der Waals surface area (Å²) in [4.78, 5) is 11.8. The highest BCUT2D eigenvalue weighted by molar-refractivity contribution is 5.82. The predicted octanol–water partition coefficient (Wildman–Crippen LogP) is 1.10. The molecule has 1 aliphatic heterocycles. The summed E-state index contributed by atoms with van der Waals surface area (Å²) in [5, 5.41) is 11.8. The maximum Gasteiger partial charge on any atom is 0.261 e. The van der Waals surface area contributed by atoms with Crippen molar-refractivity contribution in [1.29, 1.82) is 0 Å². The van der Waals surface area contributed by atoms with Crippen molar-refractivity contribution >= 4 is 5.91 Å². The Morgan fingerprint density at radius 1 is 1.50 bits per heavy atom. The van der Waals surface area contributed by atoms with Crippen LogP contribution in [0.1, 0.15) is 23.6 Å². The van der Waals surface area contributed by atoms with Gasteiger partial charge in [0.15, 0.2) is 6.10 Å². The van der Waals surface area contributed by atoms with Gasteiger partial charge in [-0.3, -0.25) is 4.79 Å². The molecule has 1 heterocycles. The quantitative estimate of drug-likeness (QED) is 0.843. The van der Waals surface area contributed by atoms with Gasteiger partial charge in [-0.1, -0.05) is 6.07 Å².